The van der Waals surface area contributed by atoms with Gasteiger partial charge in [0.2, 0.25) is 0 Å². The predicted molar refractivity (Wildman–Crippen MR) is 99.9 cm³/mol. The molecule has 0 aliphatic carbocycles. The molecule has 0 bridgehead atoms. The second-order valence-corrected chi connectivity index (χ2v) is 7.22. The quantitative estimate of drug-likeness (QED) is 0.653. The first-order valence-corrected chi connectivity index (χ1v) is 8.75. The van der Waals surface area contributed by atoms with Gasteiger partial charge in [0.15, 0.2) is 5.16 Å². The summed E-state index contributed by atoms with van der Waals surface area (Å²) in [6.45, 7) is 6.03. The second kappa shape index (κ2) is 6.94. The van der Waals surface area contributed by atoms with Gasteiger partial charge in [-0.15, -0.1) is 0 Å². The van der Waals surface area contributed by atoms with Crippen molar-refractivity contribution in [2.75, 3.05) is 0 Å². The van der Waals surface area contributed by atoms with Crippen molar-refractivity contribution in [3.63, 3.8) is 0 Å². The molecule has 0 radical (unpaired) electrons. The van der Waals surface area contributed by atoms with Crippen LogP contribution in [0.5, 0.6) is 0 Å². The molecule has 1 heterocycles. The van der Waals surface area contributed by atoms with E-state index in [0.29, 0.717) is 0 Å². The highest BCUT2D eigenvalue weighted by Crippen LogP contribution is 2.33. The van der Waals surface area contributed by atoms with E-state index in [9.17, 15) is 0 Å². The Bertz CT molecular complexity index is 808. The number of nitrogens with zero attached hydrogens (tertiary/aromatic N) is 2. The molecule has 24 heavy (non-hydrogen) atoms. The minimum Gasteiger partial charge on any atom is -0.332 e. The van der Waals surface area contributed by atoms with E-state index in [1.807, 2.05) is 6.92 Å². The summed E-state index contributed by atoms with van der Waals surface area (Å²) in [4.78, 5) is 8.15. The third-order valence-corrected chi connectivity index (χ3v) is 4.69. The van der Waals surface area contributed by atoms with E-state index >= 15 is 0 Å². The number of thioether (sulfide) groups is 1. The standard InChI is InChI=1S/C20H19N3S/c1-13-4-8-16(9-5-13)18-19(17-10-6-14(2)7-11-17)23-20(22-18)24-15(3)12-21/h4-11,15H,1-3H3,(H,22,23)/t15-/m1/s1. The fourth-order valence-electron chi connectivity index (χ4n) is 2.45. The highest BCUT2D eigenvalue weighted by atomic mass is 32.2. The topological polar surface area (TPSA) is 52.5 Å². The van der Waals surface area contributed by atoms with Gasteiger partial charge in [-0.25, -0.2) is 4.98 Å². The van der Waals surface area contributed by atoms with Crippen LogP contribution >= 0.6 is 11.8 Å². The summed E-state index contributed by atoms with van der Waals surface area (Å²) in [5, 5.41) is 9.68. The third-order valence-electron chi connectivity index (χ3n) is 3.82. The zero-order valence-corrected chi connectivity index (χ0v) is 14.8. The molecule has 0 spiro atoms. The van der Waals surface area contributed by atoms with Crippen molar-refractivity contribution >= 4 is 11.8 Å². The van der Waals surface area contributed by atoms with Crippen molar-refractivity contribution in [3.05, 3.63) is 59.7 Å². The molecule has 3 nitrogen and oxygen atoms in total. The second-order valence-electron chi connectivity index (χ2n) is 5.89. The Balaban J connectivity index is 2.09. The number of hydrogen-bond acceptors (Lipinski definition) is 3. The summed E-state index contributed by atoms with van der Waals surface area (Å²) in [5.74, 6) is 0. The molecule has 1 N–H and O–H groups in total. The Kier molecular flexibility index (Phi) is 4.73. The Morgan fingerprint density at radius 1 is 0.958 bits per heavy atom. The summed E-state index contributed by atoms with van der Waals surface area (Å²) in [6.07, 6.45) is 0. The highest BCUT2D eigenvalue weighted by molar-refractivity contribution is 8.00. The lowest BCUT2D eigenvalue weighted by atomic mass is 10.0. The molecule has 2 aromatic carbocycles. The number of imidazole rings is 1. The lowest BCUT2D eigenvalue weighted by Crippen LogP contribution is -1.90. The zero-order chi connectivity index (χ0) is 17.1. The molecular formula is C20H19N3S. The van der Waals surface area contributed by atoms with Crippen LogP contribution in [0.2, 0.25) is 0 Å². The first kappa shape index (κ1) is 16.4. The van der Waals surface area contributed by atoms with Gasteiger partial charge in [-0.1, -0.05) is 71.4 Å². The van der Waals surface area contributed by atoms with Crippen molar-refractivity contribution in [2.45, 2.75) is 31.2 Å². The molecule has 120 valence electrons. The van der Waals surface area contributed by atoms with Crippen LogP contribution in [0, 0.1) is 25.2 Å². The maximum Gasteiger partial charge on any atom is 0.167 e. The molecule has 4 heteroatoms. The van der Waals surface area contributed by atoms with Crippen LogP contribution in [-0.4, -0.2) is 15.2 Å². The third kappa shape index (κ3) is 3.52. The lowest BCUT2D eigenvalue weighted by molar-refractivity contribution is 1.05. The maximum atomic E-state index is 9.05. The summed E-state index contributed by atoms with van der Waals surface area (Å²) in [7, 11) is 0. The molecule has 1 atom stereocenters. The van der Waals surface area contributed by atoms with E-state index in [2.05, 4.69) is 73.4 Å². The number of aromatic nitrogens is 2. The van der Waals surface area contributed by atoms with Gasteiger partial charge in [0.25, 0.3) is 0 Å². The van der Waals surface area contributed by atoms with Gasteiger partial charge in [0, 0.05) is 11.1 Å². The number of nitrogens with one attached hydrogen (secondary N) is 1. The van der Waals surface area contributed by atoms with Gasteiger partial charge in [-0.05, 0) is 20.8 Å². The molecule has 3 rings (SSSR count). The molecule has 0 saturated carbocycles. The number of hydrogen-bond donors (Lipinski definition) is 1. The van der Waals surface area contributed by atoms with Crippen molar-refractivity contribution in [1.29, 1.82) is 5.26 Å². The normalized spacial score (nSPS) is 11.9. The Labute approximate surface area is 146 Å². The molecule has 0 aliphatic heterocycles. The van der Waals surface area contributed by atoms with Crippen LogP contribution in [0.1, 0.15) is 18.1 Å². The number of aryl methyl sites for hydroxylation is 2. The van der Waals surface area contributed by atoms with E-state index in [0.717, 1.165) is 27.7 Å². The number of rotatable bonds is 4. The highest BCUT2D eigenvalue weighted by Gasteiger charge is 2.16. The predicted octanol–water partition coefficient (Wildman–Crippen LogP) is 5.36. The van der Waals surface area contributed by atoms with Crippen LogP contribution in [0.3, 0.4) is 0 Å². The average molecular weight is 333 g/mol. The molecule has 0 saturated heterocycles. The monoisotopic (exact) mass is 333 g/mol. The van der Waals surface area contributed by atoms with Gasteiger partial charge < -0.3 is 4.98 Å². The van der Waals surface area contributed by atoms with Crippen LogP contribution in [-0.2, 0) is 0 Å². The van der Waals surface area contributed by atoms with E-state index in [-0.39, 0.29) is 5.25 Å². The van der Waals surface area contributed by atoms with E-state index < -0.39 is 0 Å². The summed E-state index contributed by atoms with van der Waals surface area (Å²) < 4.78 is 0. The lowest BCUT2D eigenvalue weighted by Gasteiger charge is -2.04. The molecule has 0 fully saturated rings. The minimum atomic E-state index is -0.145. The van der Waals surface area contributed by atoms with E-state index in [1.54, 1.807) is 0 Å². The van der Waals surface area contributed by atoms with E-state index in [4.69, 9.17) is 10.2 Å². The fourth-order valence-corrected chi connectivity index (χ4v) is 3.14. The van der Waals surface area contributed by atoms with Crippen molar-refractivity contribution < 1.29 is 0 Å². The smallest absolute Gasteiger partial charge is 0.167 e. The largest absolute Gasteiger partial charge is 0.332 e. The molecule has 0 aliphatic rings. The maximum absolute atomic E-state index is 9.05. The summed E-state index contributed by atoms with van der Waals surface area (Å²) in [5.41, 5.74) is 6.53. The van der Waals surface area contributed by atoms with Crippen LogP contribution in [0.15, 0.2) is 53.7 Å². The number of nitriles is 1. The van der Waals surface area contributed by atoms with Gasteiger partial charge in [-0.2, -0.15) is 5.26 Å². The Hall–Kier alpha value is -2.51. The van der Waals surface area contributed by atoms with Crippen LogP contribution in [0.4, 0.5) is 0 Å². The summed E-state index contributed by atoms with van der Waals surface area (Å²) >= 11 is 1.45. The van der Waals surface area contributed by atoms with Gasteiger partial charge >= 0.3 is 0 Å². The van der Waals surface area contributed by atoms with E-state index in [1.165, 1.54) is 22.9 Å². The SMILES string of the molecule is Cc1ccc(-c2nc(S[C@H](C)C#N)[nH]c2-c2ccc(C)cc2)cc1. The summed E-state index contributed by atoms with van der Waals surface area (Å²) in [6, 6.07) is 19.0. The van der Waals surface area contributed by atoms with Crippen molar-refractivity contribution in [2.24, 2.45) is 0 Å². The molecular weight excluding hydrogens is 314 g/mol. The Morgan fingerprint density at radius 2 is 1.50 bits per heavy atom. The zero-order valence-electron chi connectivity index (χ0n) is 14.0. The first-order valence-electron chi connectivity index (χ1n) is 7.87. The van der Waals surface area contributed by atoms with Crippen LogP contribution in [0.25, 0.3) is 22.5 Å². The van der Waals surface area contributed by atoms with Gasteiger partial charge in [-0.3, -0.25) is 0 Å². The van der Waals surface area contributed by atoms with Crippen molar-refractivity contribution in [3.8, 4) is 28.6 Å². The molecule has 1 aromatic heterocycles. The number of aromatic amines is 1. The fraction of sp³-hybridized carbons (Fsp3) is 0.200. The first-order chi connectivity index (χ1) is 11.6. The Morgan fingerprint density at radius 3 is 2.04 bits per heavy atom. The average Bonchev–Trinajstić information content (AvgIpc) is 2.99. The van der Waals surface area contributed by atoms with Gasteiger partial charge in [0.1, 0.15) is 0 Å². The van der Waals surface area contributed by atoms with Gasteiger partial charge in [0.05, 0.1) is 22.7 Å². The van der Waals surface area contributed by atoms with Crippen molar-refractivity contribution in [1.82, 2.24) is 9.97 Å². The molecule has 0 unspecified atom stereocenters. The number of benzene rings is 2. The number of H-pyrrole nitrogens is 1. The molecule has 0 amide bonds. The minimum absolute atomic E-state index is 0.145. The van der Waals surface area contributed by atoms with Crippen LogP contribution < -0.4 is 0 Å². The molecule has 3 aromatic rings.